The van der Waals surface area contributed by atoms with Crippen molar-refractivity contribution in [2.45, 2.75) is 59.3 Å². The van der Waals surface area contributed by atoms with E-state index in [0.717, 1.165) is 24.4 Å². The molecular formula is C16H26OTe. The molecule has 18 heavy (non-hydrogen) atoms. The van der Waals surface area contributed by atoms with Crippen LogP contribution in [-0.2, 0) is 4.74 Å². The van der Waals surface area contributed by atoms with Crippen molar-refractivity contribution in [3.63, 3.8) is 0 Å². The van der Waals surface area contributed by atoms with Gasteiger partial charge in [0, 0.05) is 0 Å². The molecule has 0 heterocycles. The van der Waals surface area contributed by atoms with Gasteiger partial charge in [0.05, 0.1) is 0 Å². The summed E-state index contributed by atoms with van der Waals surface area (Å²) < 4.78 is 7.44. The summed E-state index contributed by atoms with van der Waals surface area (Å²) in [6.45, 7) is 7.77. The third-order valence-corrected chi connectivity index (χ3v) is 7.37. The van der Waals surface area contributed by atoms with E-state index in [9.17, 15) is 0 Å². The summed E-state index contributed by atoms with van der Waals surface area (Å²) in [5.74, 6) is 3.11. The van der Waals surface area contributed by atoms with Crippen molar-refractivity contribution in [1.29, 1.82) is 0 Å². The van der Waals surface area contributed by atoms with Crippen molar-refractivity contribution in [1.82, 2.24) is 0 Å². The summed E-state index contributed by atoms with van der Waals surface area (Å²) in [7, 11) is 0. The third kappa shape index (κ3) is 2.53. The molecule has 0 aromatic carbocycles. The molecule has 4 rings (SSSR count). The van der Waals surface area contributed by atoms with Crippen molar-refractivity contribution < 1.29 is 4.74 Å². The van der Waals surface area contributed by atoms with Crippen LogP contribution in [0.5, 0.6) is 0 Å². The molecule has 0 saturated heterocycles. The second kappa shape index (κ2) is 4.49. The van der Waals surface area contributed by atoms with Gasteiger partial charge in [0.2, 0.25) is 0 Å². The van der Waals surface area contributed by atoms with E-state index >= 15 is 0 Å². The first-order valence-electron chi connectivity index (χ1n) is 7.54. The zero-order valence-electron chi connectivity index (χ0n) is 12.0. The fourth-order valence-corrected chi connectivity index (χ4v) is 5.07. The van der Waals surface area contributed by atoms with Gasteiger partial charge in [-0.05, 0) is 0 Å². The molecule has 2 heteroatoms. The Morgan fingerprint density at radius 1 is 1.06 bits per heavy atom. The quantitative estimate of drug-likeness (QED) is 0.698. The van der Waals surface area contributed by atoms with Gasteiger partial charge in [-0.25, -0.2) is 0 Å². The maximum absolute atomic E-state index is 6.21. The van der Waals surface area contributed by atoms with Crippen LogP contribution in [0, 0.1) is 28.6 Å². The molecule has 0 N–H and O–H groups in total. The molecule has 0 radical (unpaired) electrons. The molecule has 0 spiro atoms. The van der Waals surface area contributed by atoms with E-state index in [1.165, 1.54) is 42.3 Å². The molecule has 1 nitrogen and oxygen atoms in total. The molecule has 0 atom stereocenters. The second-order valence-electron chi connectivity index (χ2n) is 8.24. The Morgan fingerprint density at radius 3 is 1.89 bits per heavy atom. The molecular weight excluding hydrogens is 336 g/mol. The summed E-state index contributed by atoms with van der Waals surface area (Å²) in [4.78, 5) is 0. The van der Waals surface area contributed by atoms with Gasteiger partial charge in [-0.1, -0.05) is 0 Å². The van der Waals surface area contributed by atoms with Crippen LogP contribution in [-0.4, -0.2) is 32.2 Å². The van der Waals surface area contributed by atoms with Gasteiger partial charge >= 0.3 is 125 Å². The van der Waals surface area contributed by atoms with E-state index in [1.54, 1.807) is 0 Å². The van der Waals surface area contributed by atoms with Crippen molar-refractivity contribution in [3.05, 3.63) is 0 Å². The summed E-state index contributed by atoms with van der Waals surface area (Å²) in [5.41, 5.74) is 0.760. The first kappa shape index (κ1) is 13.4. The average Bonchev–Trinajstić information content (AvgIpc) is 2.22. The predicted octanol–water partition coefficient (Wildman–Crippen LogP) is 3.56. The maximum atomic E-state index is 6.21. The van der Waals surface area contributed by atoms with Crippen LogP contribution in [0.4, 0.5) is 0 Å². The number of ether oxygens (including phenoxy) is 1. The molecule has 4 bridgehead atoms. The Hall–Kier alpha value is 0.460. The molecule has 4 aliphatic rings. The summed E-state index contributed by atoms with van der Waals surface area (Å²) in [6, 6.07) is 0. The Labute approximate surface area is 124 Å². The first-order chi connectivity index (χ1) is 8.36. The van der Waals surface area contributed by atoms with E-state index < -0.39 is 0 Å². The normalized spacial score (nSPS) is 42.1. The molecule has 4 saturated carbocycles. The average molecular weight is 362 g/mol. The van der Waals surface area contributed by atoms with Gasteiger partial charge in [-0.15, -0.1) is 0 Å². The van der Waals surface area contributed by atoms with E-state index in [1.807, 2.05) is 0 Å². The van der Waals surface area contributed by atoms with Crippen LogP contribution < -0.4 is 0 Å². The Bertz CT molecular complexity index is 317. The SMILES string of the molecule is CC(C)(C)C(=[Te])OCC12CC3CC(CC(C3)C1)C2. The topological polar surface area (TPSA) is 9.23 Å². The van der Waals surface area contributed by atoms with Crippen molar-refractivity contribution in [3.8, 4) is 0 Å². The van der Waals surface area contributed by atoms with Crippen LogP contribution in [0.15, 0.2) is 0 Å². The summed E-state index contributed by atoms with van der Waals surface area (Å²) >= 11 is 2.09. The molecule has 0 amide bonds. The summed E-state index contributed by atoms with van der Waals surface area (Å²) in [6.07, 6.45) is 8.96. The van der Waals surface area contributed by atoms with E-state index in [4.69, 9.17) is 4.74 Å². The van der Waals surface area contributed by atoms with Crippen molar-refractivity contribution in [2.24, 2.45) is 28.6 Å². The molecule has 102 valence electrons. The van der Waals surface area contributed by atoms with Crippen LogP contribution >= 0.6 is 0 Å². The molecule has 0 aromatic rings. The molecule has 0 aromatic heterocycles. The second-order valence-corrected chi connectivity index (χ2v) is 9.30. The van der Waals surface area contributed by atoms with Crippen molar-refractivity contribution >= 4 is 25.6 Å². The van der Waals surface area contributed by atoms with E-state index in [2.05, 4.69) is 42.6 Å². The predicted molar refractivity (Wildman–Crippen MR) is 76.8 cm³/mol. The fourth-order valence-electron chi connectivity index (χ4n) is 4.90. The van der Waals surface area contributed by atoms with Crippen LogP contribution in [0.25, 0.3) is 0 Å². The van der Waals surface area contributed by atoms with Crippen LogP contribution in [0.1, 0.15) is 59.3 Å². The number of hydrogen-bond donors (Lipinski definition) is 0. The minimum absolute atomic E-state index is 0.201. The van der Waals surface area contributed by atoms with E-state index in [-0.39, 0.29) is 5.41 Å². The summed E-state index contributed by atoms with van der Waals surface area (Å²) in [5, 5.41) is 0. The fraction of sp³-hybridized carbons (Fsp3) is 0.938. The van der Waals surface area contributed by atoms with Gasteiger partial charge in [0.25, 0.3) is 0 Å². The monoisotopic (exact) mass is 364 g/mol. The molecule has 0 aliphatic heterocycles. The zero-order valence-corrected chi connectivity index (χ0v) is 14.3. The van der Waals surface area contributed by atoms with Gasteiger partial charge in [-0.2, -0.15) is 0 Å². The minimum atomic E-state index is 0.201. The molecule has 4 fully saturated rings. The standard InChI is InChI=1S/C16H26OTe/c1-15(2,3)14(18)17-10-16-7-11-4-12(8-16)6-13(5-11)9-16/h11-13H,4-10H2,1-3H3. The zero-order chi connectivity index (χ0) is 13.0. The van der Waals surface area contributed by atoms with Gasteiger partial charge < -0.3 is 0 Å². The molecule has 0 unspecified atom stereocenters. The Kier molecular flexibility index (Phi) is 3.35. The Morgan fingerprint density at radius 2 is 1.50 bits per heavy atom. The van der Waals surface area contributed by atoms with Crippen LogP contribution in [0.2, 0.25) is 0 Å². The number of hydrogen-bond acceptors (Lipinski definition) is 1. The van der Waals surface area contributed by atoms with E-state index in [0.29, 0.717) is 5.41 Å². The van der Waals surface area contributed by atoms with Crippen LogP contribution in [0.3, 0.4) is 0 Å². The van der Waals surface area contributed by atoms with Gasteiger partial charge in [0.1, 0.15) is 0 Å². The van der Waals surface area contributed by atoms with Crippen molar-refractivity contribution in [2.75, 3.05) is 6.61 Å². The first-order valence-corrected chi connectivity index (χ1v) is 8.70. The number of rotatable bonds is 3. The van der Waals surface area contributed by atoms with Gasteiger partial charge in [-0.3, -0.25) is 0 Å². The molecule has 4 aliphatic carbocycles. The third-order valence-electron chi connectivity index (χ3n) is 5.29. The Balaban J connectivity index is 1.64. The van der Waals surface area contributed by atoms with Gasteiger partial charge in [0.15, 0.2) is 0 Å².